The number of aryl methyl sites for hydroxylation is 1. The first-order valence-electron chi connectivity index (χ1n) is 6.19. The normalized spacial score (nSPS) is 9.12. The van der Waals surface area contributed by atoms with Crippen molar-refractivity contribution in [3.63, 3.8) is 0 Å². The molecule has 1 nitrogen and oxygen atoms in total. The molecule has 0 aliphatic rings. The van der Waals surface area contributed by atoms with Crippen LogP contribution in [-0.4, -0.2) is 0 Å². The fourth-order valence-electron chi connectivity index (χ4n) is 1.47. The van der Waals surface area contributed by atoms with Crippen LogP contribution in [0.1, 0.15) is 25.0 Å². The number of hydrogen-bond acceptors (Lipinski definition) is 1. The van der Waals surface area contributed by atoms with E-state index in [1.54, 1.807) is 0 Å². The summed E-state index contributed by atoms with van der Waals surface area (Å²) in [6.45, 7) is 6.98. The summed E-state index contributed by atoms with van der Waals surface area (Å²) >= 11 is 0. The Bertz CT molecular complexity index is 403. The van der Waals surface area contributed by atoms with Gasteiger partial charge in [-0.25, -0.2) is 0 Å². The fraction of sp³-hybridized carbons (Fsp3) is 0.250. The first kappa shape index (κ1) is 13.3. The van der Waals surface area contributed by atoms with E-state index in [1.165, 1.54) is 11.1 Å². The monoisotopic (exact) mass is 227 g/mol. The Kier molecular flexibility index (Phi) is 5.87. The van der Waals surface area contributed by atoms with E-state index in [4.69, 9.17) is 0 Å². The van der Waals surface area contributed by atoms with Crippen molar-refractivity contribution in [1.82, 2.24) is 0 Å². The van der Waals surface area contributed by atoms with E-state index in [0.717, 1.165) is 12.2 Å². The van der Waals surface area contributed by atoms with Gasteiger partial charge in [-0.05, 0) is 24.6 Å². The highest BCUT2D eigenvalue weighted by Crippen LogP contribution is 2.08. The lowest BCUT2D eigenvalue weighted by atomic mass is 10.1. The van der Waals surface area contributed by atoms with Crippen LogP contribution in [0, 0.1) is 6.92 Å². The lowest BCUT2D eigenvalue weighted by Crippen LogP contribution is -1.98. The summed E-state index contributed by atoms with van der Waals surface area (Å²) in [7, 11) is 0. The van der Waals surface area contributed by atoms with Gasteiger partial charge in [0.25, 0.3) is 0 Å². The zero-order valence-corrected chi connectivity index (χ0v) is 10.9. The van der Waals surface area contributed by atoms with Crippen LogP contribution in [0.25, 0.3) is 0 Å². The number of nitrogens with one attached hydrogen (secondary N) is 1. The zero-order chi connectivity index (χ0) is 12.5. The lowest BCUT2D eigenvalue weighted by molar-refractivity contribution is 1.14. The predicted molar refractivity (Wildman–Crippen MR) is 76.3 cm³/mol. The Labute approximate surface area is 105 Å². The molecule has 2 aromatic rings. The molecule has 17 heavy (non-hydrogen) atoms. The highest BCUT2D eigenvalue weighted by atomic mass is 14.9. The molecule has 0 aliphatic heterocycles. The second-order valence-electron chi connectivity index (χ2n) is 3.71. The van der Waals surface area contributed by atoms with Crippen molar-refractivity contribution in [3.8, 4) is 0 Å². The van der Waals surface area contributed by atoms with Crippen molar-refractivity contribution >= 4 is 5.69 Å². The highest BCUT2D eigenvalue weighted by Gasteiger charge is 1.92. The van der Waals surface area contributed by atoms with Gasteiger partial charge in [0.15, 0.2) is 0 Å². The van der Waals surface area contributed by atoms with Crippen molar-refractivity contribution in [1.29, 1.82) is 0 Å². The maximum atomic E-state index is 3.38. The second kappa shape index (κ2) is 7.50. The minimum absolute atomic E-state index is 0.879. The molecule has 90 valence electrons. The summed E-state index contributed by atoms with van der Waals surface area (Å²) in [5.74, 6) is 0. The van der Waals surface area contributed by atoms with Crippen LogP contribution >= 0.6 is 0 Å². The van der Waals surface area contributed by atoms with Gasteiger partial charge in [0.1, 0.15) is 0 Å². The highest BCUT2D eigenvalue weighted by molar-refractivity contribution is 5.43. The van der Waals surface area contributed by atoms with Crippen molar-refractivity contribution in [2.75, 3.05) is 5.32 Å². The van der Waals surface area contributed by atoms with Crippen LogP contribution in [0.2, 0.25) is 0 Å². The van der Waals surface area contributed by atoms with Crippen LogP contribution in [0.15, 0.2) is 54.6 Å². The smallest absolute Gasteiger partial charge is 0.0400 e. The summed E-state index contributed by atoms with van der Waals surface area (Å²) in [5.41, 5.74) is 3.78. The van der Waals surface area contributed by atoms with E-state index < -0.39 is 0 Å². The molecule has 0 fully saturated rings. The Morgan fingerprint density at radius 3 is 2.00 bits per heavy atom. The summed E-state index contributed by atoms with van der Waals surface area (Å²) in [5, 5.41) is 3.38. The number of para-hydroxylation sites is 1. The van der Waals surface area contributed by atoms with Gasteiger partial charge in [0, 0.05) is 12.2 Å². The summed E-state index contributed by atoms with van der Waals surface area (Å²) in [6, 6.07) is 18.9. The molecule has 0 bridgehead atoms. The average molecular weight is 227 g/mol. The third kappa shape index (κ3) is 4.73. The van der Waals surface area contributed by atoms with Crippen molar-refractivity contribution < 1.29 is 0 Å². The van der Waals surface area contributed by atoms with Crippen molar-refractivity contribution in [2.45, 2.75) is 27.3 Å². The first-order valence-corrected chi connectivity index (χ1v) is 6.19. The van der Waals surface area contributed by atoms with Gasteiger partial charge >= 0.3 is 0 Å². The van der Waals surface area contributed by atoms with Crippen LogP contribution in [-0.2, 0) is 6.54 Å². The van der Waals surface area contributed by atoms with Gasteiger partial charge in [-0.1, -0.05) is 61.9 Å². The van der Waals surface area contributed by atoms with Crippen LogP contribution in [0.5, 0.6) is 0 Å². The van der Waals surface area contributed by atoms with Gasteiger partial charge < -0.3 is 5.32 Å². The molecule has 0 aromatic heterocycles. The number of anilines is 1. The number of benzene rings is 2. The topological polar surface area (TPSA) is 12.0 Å². The molecule has 0 unspecified atom stereocenters. The molecule has 0 aliphatic carbocycles. The summed E-state index contributed by atoms with van der Waals surface area (Å²) < 4.78 is 0. The molecular weight excluding hydrogens is 206 g/mol. The zero-order valence-electron chi connectivity index (χ0n) is 10.9. The summed E-state index contributed by atoms with van der Waals surface area (Å²) in [4.78, 5) is 0. The Morgan fingerprint density at radius 1 is 0.824 bits per heavy atom. The van der Waals surface area contributed by atoms with E-state index in [0.29, 0.717) is 0 Å². The minimum Gasteiger partial charge on any atom is -0.381 e. The maximum Gasteiger partial charge on any atom is 0.0400 e. The van der Waals surface area contributed by atoms with Crippen molar-refractivity contribution in [2.24, 2.45) is 0 Å². The molecule has 1 heteroatoms. The fourth-order valence-corrected chi connectivity index (χ4v) is 1.47. The maximum absolute atomic E-state index is 3.38. The van der Waals surface area contributed by atoms with Crippen molar-refractivity contribution in [3.05, 3.63) is 65.7 Å². The first-order chi connectivity index (χ1) is 8.34. The Hall–Kier alpha value is -1.76. The van der Waals surface area contributed by atoms with E-state index >= 15 is 0 Å². The second-order valence-corrected chi connectivity index (χ2v) is 3.71. The van der Waals surface area contributed by atoms with E-state index in [9.17, 15) is 0 Å². The van der Waals surface area contributed by atoms with Crippen LogP contribution in [0.4, 0.5) is 5.69 Å². The third-order valence-electron chi connectivity index (χ3n) is 2.39. The Morgan fingerprint density at radius 2 is 1.41 bits per heavy atom. The molecule has 0 atom stereocenters. The Balaban J connectivity index is 0.000000686. The molecule has 1 N–H and O–H groups in total. The summed E-state index contributed by atoms with van der Waals surface area (Å²) in [6.07, 6.45) is 0. The van der Waals surface area contributed by atoms with Gasteiger partial charge in [-0.15, -0.1) is 0 Å². The molecule has 0 saturated heterocycles. The van der Waals surface area contributed by atoms with Gasteiger partial charge in [0.2, 0.25) is 0 Å². The number of hydrogen-bond donors (Lipinski definition) is 1. The molecule has 0 radical (unpaired) electrons. The minimum atomic E-state index is 0.879. The molecular formula is C16H21N. The van der Waals surface area contributed by atoms with Crippen LogP contribution < -0.4 is 5.32 Å². The molecule has 0 heterocycles. The largest absolute Gasteiger partial charge is 0.381 e. The predicted octanol–water partition coefficient (Wildman–Crippen LogP) is 4.63. The number of rotatable bonds is 3. The molecule has 0 saturated carbocycles. The van der Waals surface area contributed by atoms with E-state index in [-0.39, 0.29) is 0 Å². The molecule has 0 spiro atoms. The average Bonchev–Trinajstić information content (AvgIpc) is 2.42. The standard InChI is InChI=1S/C14H15N.C2H6/c1-12-7-9-13(10-8-12)11-15-14-5-3-2-4-6-14;1-2/h2-10,15H,11H2,1H3;1-2H3. The van der Waals surface area contributed by atoms with Gasteiger partial charge in [-0.3, -0.25) is 0 Å². The van der Waals surface area contributed by atoms with Gasteiger partial charge in [0.05, 0.1) is 0 Å². The quantitative estimate of drug-likeness (QED) is 0.806. The SMILES string of the molecule is CC.Cc1ccc(CNc2ccccc2)cc1. The van der Waals surface area contributed by atoms with Gasteiger partial charge in [-0.2, -0.15) is 0 Å². The lowest BCUT2D eigenvalue weighted by Gasteiger charge is -2.06. The molecule has 2 aromatic carbocycles. The van der Waals surface area contributed by atoms with E-state index in [2.05, 4.69) is 48.6 Å². The molecule has 0 amide bonds. The van der Waals surface area contributed by atoms with E-state index in [1.807, 2.05) is 32.0 Å². The van der Waals surface area contributed by atoms with Crippen LogP contribution in [0.3, 0.4) is 0 Å². The third-order valence-corrected chi connectivity index (χ3v) is 2.39. The molecule has 2 rings (SSSR count).